The van der Waals surface area contributed by atoms with Gasteiger partial charge in [-0.2, -0.15) is 4.36 Å². The standard InChI is InChI=1S/C25H16Cl2N2O2S/c1-32(31,23-13-21(26)12-22(27)14-23)29-25(30)20-11-17(15-28-16-20)9-10-19-7-4-6-18-5-2-3-8-24(18)19/h2-8,11-16H,1H3. The molecule has 0 N–H and O–H groups in total. The number of pyridine rings is 1. The molecule has 32 heavy (non-hydrogen) atoms. The van der Waals surface area contributed by atoms with Crippen molar-refractivity contribution in [2.24, 2.45) is 4.36 Å². The summed E-state index contributed by atoms with van der Waals surface area (Å²) < 4.78 is 17.0. The van der Waals surface area contributed by atoms with Crippen LogP contribution < -0.4 is 0 Å². The van der Waals surface area contributed by atoms with Crippen molar-refractivity contribution in [2.45, 2.75) is 4.90 Å². The van der Waals surface area contributed by atoms with E-state index in [1.807, 2.05) is 42.5 Å². The molecule has 4 nitrogen and oxygen atoms in total. The van der Waals surface area contributed by atoms with E-state index >= 15 is 0 Å². The molecule has 0 saturated carbocycles. The first-order chi connectivity index (χ1) is 15.3. The van der Waals surface area contributed by atoms with Crippen LogP contribution in [0.5, 0.6) is 0 Å². The van der Waals surface area contributed by atoms with Gasteiger partial charge in [-0.3, -0.25) is 9.78 Å². The van der Waals surface area contributed by atoms with Crippen molar-refractivity contribution in [1.82, 2.24) is 4.98 Å². The fourth-order valence-electron chi connectivity index (χ4n) is 3.11. The Labute approximate surface area is 196 Å². The monoisotopic (exact) mass is 478 g/mol. The summed E-state index contributed by atoms with van der Waals surface area (Å²) in [5.74, 6) is 5.53. The lowest BCUT2D eigenvalue weighted by Gasteiger charge is -2.06. The number of amides is 1. The minimum absolute atomic E-state index is 0.192. The SMILES string of the molecule is CS(=O)(=NC(=O)c1cncc(C#Cc2cccc3ccccc23)c1)c1cc(Cl)cc(Cl)c1. The van der Waals surface area contributed by atoms with E-state index in [1.54, 1.807) is 12.3 Å². The largest absolute Gasteiger partial charge is 0.286 e. The van der Waals surface area contributed by atoms with Crippen molar-refractivity contribution in [3.63, 3.8) is 0 Å². The Kier molecular flexibility index (Phi) is 6.29. The third-order valence-electron chi connectivity index (χ3n) is 4.65. The van der Waals surface area contributed by atoms with Crippen molar-refractivity contribution < 1.29 is 9.00 Å². The summed E-state index contributed by atoms with van der Waals surface area (Å²) in [6.07, 6.45) is 4.30. The molecule has 1 atom stereocenters. The van der Waals surface area contributed by atoms with Gasteiger partial charge in [0.1, 0.15) is 0 Å². The summed E-state index contributed by atoms with van der Waals surface area (Å²) in [6.45, 7) is 0. The lowest BCUT2D eigenvalue weighted by atomic mass is 10.0. The maximum absolute atomic E-state index is 13.0. The van der Waals surface area contributed by atoms with Gasteiger partial charge in [-0.1, -0.05) is 71.4 Å². The van der Waals surface area contributed by atoms with Gasteiger partial charge in [0.15, 0.2) is 0 Å². The lowest BCUT2D eigenvalue weighted by molar-refractivity contribution is 0.100. The van der Waals surface area contributed by atoms with Crippen LogP contribution in [0.4, 0.5) is 0 Å². The highest BCUT2D eigenvalue weighted by molar-refractivity contribution is 7.93. The zero-order chi connectivity index (χ0) is 22.7. The maximum Gasteiger partial charge on any atom is 0.286 e. The van der Waals surface area contributed by atoms with Crippen LogP contribution in [0.3, 0.4) is 0 Å². The lowest BCUT2D eigenvalue weighted by Crippen LogP contribution is -2.04. The van der Waals surface area contributed by atoms with Gasteiger partial charge in [0.25, 0.3) is 5.91 Å². The number of carbonyl (C=O) groups excluding carboxylic acids is 1. The molecule has 1 amide bonds. The zero-order valence-corrected chi connectivity index (χ0v) is 19.2. The summed E-state index contributed by atoms with van der Waals surface area (Å²) in [7, 11) is -3.05. The molecule has 0 aliphatic rings. The van der Waals surface area contributed by atoms with Crippen LogP contribution in [0.2, 0.25) is 10.0 Å². The molecule has 0 saturated heterocycles. The number of fused-ring (bicyclic) bond motifs is 1. The van der Waals surface area contributed by atoms with Gasteiger partial charge in [-0.15, -0.1) is 0 Å². The first-order valence-corrected chi connectivity index (χ1v) is 12.2. The van der Waals surface area contributed by atoms with E-state index in [4.69, 9.17) is 23.2 Å². The molecule has 0 spiro atoms. The van der Waals surface area contributed by atoms with Crippen molar-refractivity contribution in [3.05, 3.63) is 106 Å². The highest BCUT2D eigenvalue weighted by Gasteiger charge is 2.13. The fraction of sp³-hybridized carbons (Fsp3) is 0.0400. The van der Waals surface area contributed by atoms with Gasteiger partial charge in [-0.25, -0.2) is 4.21 Å². The first kappa shape index (κ1) is 22.0. The Balaban J connectivity index is 1.66. The summed E-state index contributed by atoms with van der Waals surface area (Å²) >= 11 is 12.0. The molecule has 4 aromatic rings. The van der Waals surface area contributed by atoms with Gasteiger partial charge in [0.05, 0.1) is 20.2 Å². The molecule has 0 fully saturated rings. The molecule has 3 aromatic carbocycles. The number of benzene rings is 3. The average Bonchev–Trinajstić information content (AvgIpc) is 2.77. The van der Waals surface area contributed by atoms with E-state index in [9.17, 15) is 9.00 Å². The van der Waals surface area contributed by atoms with Gasteiger partial charge < -0.3 is 0 Å². The molecule has 0 aliphatic carbocycles. The highest BCUT2D eigenvalue weighted by atomic mass is 35.5. The number of halogens is 2. The minimum Gasteiger partial charge on any atom is -0.266 e. The zero-order valence-electron chi connectivity index (χ0n) is 16.9. The summed E-state index contributed by atoms with van der Waals surface area (Å²) in [6, 6.07) is 20.0. The van der Waals surface area contributed by atoms with Crippen molar-refractivity contribution in [3.8, 4) is 11.8 Å². The molecule has 0 bridgehead atoms. The topological polar surface area (TPSA) is 59.4 Å². The predicted molar refractivity (Wildman–Crippen MR) is 130 cm³/mol. The Morgan fingerprint density at radius 3 is 2.44 bits per heavy atom. The third kappa shape index (κ3) is 5.00. The molecular weight excluding hydrogens is 463 g/mol. The molecule has 0 aliphatic heterocycles. The van der Waals surface area contributed by atoms with Gasteiger partial charge >= 0.3 is 0 Å². The smallest absolute Gasteiger partial charge is 0.266 e. The van der Waals surface area contributed by atoms with Crippen LogP contribution in [-0.4, -0.2) is 21.4 Å². The second-order valence-corrected chi connectivity index (χ2v) is 10.2. The second kappa shape index (κ2) is 9.13. The van der Waals surface area contributed by atoms with Crippen LogP contribution >= 0.6 is 23.2 Å². The number of hydrogen-bond acceptors (Lipinski definition) is 3. The van der Waals surface area contributed by atoms with Crippen LogP contribution in [0, 0.1) is 11.8 Å². The number of carbonyl (C=O) groups is 1. The molecule has 1 unspecified atom stereocenters. The van der Waals surface area contributed by atoms with Crippen LogP contribution in [0.1, 0.15) is 21.5 Å². The van der Waals surface area contributed by atoms with Crippen molar-refractivity contribution in [1.29, 1.82) is 0 Å². The van der Waals surface area contributed by atoms with Gasteiger partial charge in [0.2, 0.25) is 0 Å². The molecular formula is C25H16Cl2N2O2S. The number of rotatable bonds is 2. The van der Waals surface area contributed by atoms with E-state index in [0.717, 1.165) is 16.3 Å². The highest BCUT2D eigenvalue weighted by Crippen LogP contribution is 2.24. The van der Waals surface area contributed by atoms with Crippen LogP contribution in [0.25, 0.3) is 10.8 Å². The summed E-state index contributed by atoms with van der Waals surface area (Å²) in [4.78, 5) is 17.1. The Bertz CT molecular complexity index is 1520. The average molecular weight is 479 g/mol. The third-order valence-corrected chi connectivity index (χ3v) is 6.71. The minimum atomic E-state index is -3.05. The predicted octanol–water partition coefficient (Wildman–Crippen LogP) is 6.24. The maximum atomic E-state index is 13.0. The van der Waals surface area contributed by atoms with Crippen LogP contribution in [-0.2, 0) is 9.73 Å². The Morgan fingerprint density at radius 1 is 0.938 bits per heavy atom. The number of nitrogens with zero attached hydrogens (tertiary/aromatic N) is 2. The molecule has 158 valence electrons. The number of hydrogen-bond donors (Lipinski definition) is 0. The van der Waals surface area contributed by atoms with Crippen LogP contribution in [0.15, 0.2) is 88.4 Å². The van der Waals surface area contributed by atoms with Gasteiger partial charge in [0, 0.05) is 39.8 Å². The van der Waals surface area contributed by atoms with Crippen molar-refractivity contribution >= 4 is 49.6 Å². The normalized spacial score (nSPS) is 12.5. The van der Waals surface area contributed by atoms with E-state index in [1.165, 1.54) is 30.7 Å². The quantitative estimate of drug-likeness (QED) is 0.320. The molecule has 0 radical (unpaired) electrons. The van der Waals surface area contributed by atoms with E-state index < -0.39 is 15.6 Å². The second-order valence-electron chi connectivity index (χ2n) is 7.04. The fourth-order valence-corrected chi connectivity index (χ4v) is 4.98. The summed E-state index contributed by atoms with van der Waals surface area (Å²) in [5, 5.41) is 2.77. The molecule has 4 rings (SSSR count). The number of aromatic nitrogens is 1. The van der Waals surface area contributed by atoms with E-state index in [2.05, 4.69) is 21.2 Å². The van der Waals surface area contributed by atoms with Crippen molar-refractivity contribution in [2.75, 3.05) is 6.26 Å². The summed E-state index contributed by atoms with van der Waals surface area (Å²) in [5.41, 5.74) is 1.61. The molecule has 1 heterocycles. The van der Waals surface area contributed by atoms with E-state index in [-0.39, 0.29) is 10.5 Å². The first-order valence-electron chi connectivity index (χ1n) is 9.49. The molecule has 7 heteroatoms. The Hall–Kier alpha value is -3.17. The Morgan fingerprint density at radius 2 is 1.66 bits per heavy atom. The van der Waals surface area contributed by atoms with Gasteiger partial charge in [-0.05, 0) is 41.1 Å². The molecule has 1 aromatic heterocycles. The van der Waals surface area contributed by atoms with E-state index in [0.29, 0.717) is 15.6 Å².